The molecule has 21 heavy (non-hydrogen) atoms. The molecule has 0 aromatic heterocycles. The van der Waals surface area contributed by atoms with Gasteiger partial charge in [-0.25, -0.2) is 8.78 Å². The Hall–Kier alpha value is -1.33. The summed E-state index contributed by atoms with van der Waals surface area (Å²) in [5.41, 5.74) is -0.594. The minimum atomic E-state index is -1.02. The van der Waals surface area contributed by atoms with Gasteiger partial charge in [0.2, 0.25) is 0 Å². The summed E-state index contributed by atoms with van der Waals surface area (Å²) >= 11 is 0. The van der Waals surface area contributed by atoms with E-state index in [0.29, 0.717) is 6.54 Å². The van der Waals surface area contributed by atoms with Crippen molar-refractivity contribution in [1.82, 2.24) is 4.90 Å². The van der Waals surface area contributed by atoms with E-state index in [1.54, 1.807) is 18.9 Å². The molecule has 0 spiro atoms. The lowest BCUT2D eigenvalue weighted by molar-refractivity contribution is 0.00855. The van der Waals surface area contributed by atoms with Crippen molar-refractivity contribution in [3.8, 4) is 0 Å². The van der Waals surface area contributed by atoms with Crippen molar-refractivity contribution in [2.75, 3.05) is 13.6 Å². The summed E-state index contributed by atoms with van der Waals surface area (Å²) in [6, 6.07) is 2.67. The Bertz CT molecular complexity index is 527. The lowest BCUT2D eigenvalue weighted by Gasteiger charge is -2.32. The second-order valence-electron chi connectivity index (χ2n) is 6.02. The van der Waals surface area contributed by atoms with Crippen LogP contribution in [0.2, 0.25) is 0 Å². The smallest absolute Gasteiger partial charge is 0.179 e. The van der Waals surface area contributed by atoms with Crippen LogP contribution in [-0.4, -0.2) is 41.0 Å². The van der Waals surface area contributed by atoms with Crippen molar-refractivity contribution in [2.45, 2.75) is 44.2 Å². The molecule has 2 rings (SSSR count). The largest absolute Gasteiger partial charge is 0.389 e. The van der Waals surface area contributed by atoms with Gasteiger partial charge in [0.1, 0.15) is 0 Å². The highest BCUT2D eigenvalue weighted by atomic mass is 19.2. The molecule has 0 radical (unpaired) electrons. The highest BCUT2D eigenvalue weighted by molar-refractivity contribution is 5.99. The predicted molar refractivity (Wildman–Crippen MR) is 76.2 cm³/mol. The van der Waals surface area contributed by atoms with Crippen molar-refractivity contribution in [1.29, 1.82) is 0 Å². The van der Waals surface area contributed by atoms with E-state index in [9.17, 15) is 18.7 Å². The molecule has 0 heterocycles. The number of halogens is 2. The Morgan fingerprint density at radius 1 is 1.33 bits per heavy atom. The zero-order valence-electron chi connectivity index (χ0n) is 12.4. The van der Waals surface area contributed by atoms with Gasteiger partial charge in [-0.3, -0.25) is 9.69 Å². The van der Waals surface area contributed by atoms with E-state index in [4.69, 9.17) is 0 Å². The first kappa shape index (κ1) is 16.0. The standard InChI is InChI=1S/C16H21F2NO2/c1-11(19(2)10-16(21)7-3-4-8-16)15(20)12-5-6-13(17)14(18)9-12/h5-6,9,11,21H,3-4,7-8,10H2,1-2H3. The number of nitrogens with zero attached hydrogens (tertiary/aromatic N) is 1. The Morgan fingerprint density at radius 3 is 2.52 bits per heavy atom. The van der Waals surface area contributed by atoms with E-state index in [1.807, 2.05) is 0 Å². The molecule has 1 atom stereocenters. The third-order valence-corrected chi connectivity index (χ3v) is 4.32. The molecule has 1 saturated carbocycles. The van der Waals surface area contributed by atoms with Crippen LogP contribution in [0.3, 0.4) is 0 Å². The maximum absolute atomic E-state index is 13.2. The van der Waals surface area contributed by atoms with Gasteiger partial charge in [0.15, 0.2) is 17.4 Å². The highest BCUT2D eigenvalue weighted by Gasteiger charge is 2.34. The normalized spacial score (nSPS) is 19.0. The molecule has 5 heteroatoms. The molecule has 0 saturated heterocycles. The van der Waals surface area contributed by atoms with Gasteiger partial charge in [-0.15, -0.1) is 0 Å². The number of ketones is 1. The molecule has 0 aliphatic heterocycles. The molecule has 3 nitrogen and oxygen atoms in total. The van der Waals surface area contributed by atoms with Crippen LogP contribution in [0.5, 0.6) is 0 Å². The van der Waals surface area contributed by atoms with E-state index in [2.05, 4.69) is 0 Å². The molecular weight excluding hydrogens is 276 g/mol. The van der Waals surface area contributed by atoms with Crippen LogP contribution in [-0.2, 0) is 0 Å². The molecule has 1 aromatic carbocycles. The maximum Gasteiger partial charge on any atom is 0.179 e. The zero-order chi connectivity index (χ0) is 15.6. The monoisotopic (exact) mass is 297 g/mol. The molecule has 1 N–H and O–H groups in total. The van der Waals surface area contributed by atoms with E-state index >= 15 is 0 Å². The average Bonchev–Trinajstić information content (AvgIpc) is 2.86. The quantitative estimate of drug-likeness (QED) is 0.850. The van der Waals surface area contributed by atoms with Gasteiger partial charge in [-0.05, 0) is 45.0 Å². The number of carbonyl (C=O) groups is 1. The van der Waals surface area contributed by atoms with Gasteiger partial charge in [-0.1, -0.05) is 12.8 Å². The van der Waals surface area contributed by atoms with Gasteiger partial charge in [0.25, 0.3) is 0 Å². The fourth-order valence-electron chi connectivity index (χ4n) is 2.88. The zero-order valence-corrected chi connectivity index (χ0v) is 12.4. The summed E-state index contributed by atoms with van der Waals surface area (Å²) in [7, 11) is 1.76. The van der Waals surface area contributed by atoms with Crippen molar-refractivity contribution in [3.05, 3.63) is 35.4 Å². The van der Waals surface area contributed by atoms with Crippen LogP contribution in [0.4, 0.5) is 8.78 Å². The third-order valence-electron chi connectivity index (χ3n) is 4.32. The minimum absolute atomic E-state index is 0.145. The Kier molecular flexibility index (Phi) is 4.74. The summed E-state index contributed by atoms with van der Waals surface area (Å²) in [5, 5.41) is 10.4. The van der Waals surface area contributed by atoms with E-state index < -0.39 is 23.3 Å². The van der Waals surface area contributed by atoms with Crippen molar-refractivity contribution >= 4 is 5.78 Å². The van der Waals surface area contributed by atoms with Gasteiger partial charge in [-0.2, -0.15) is 0 Å². The van der Waals surface area contributed by atoms with Crippen molar-refractivity contribution in [3.63, 3.8) is 0 Å². The fraction of sp³-hybridized carbons (Fsp3) is 0.562. The topological polar surface area (TPSA) is 40.5 Å². The first-order chi connectivity index (χ1) is 9.82. The van der Waals surface area contributed by atoms with Crippen molar-refractivity contribution in [2.24, 2.45) is 0 Å². The van der Waals surface area contributed by atoms with Crippen LogP contribution < -0.4 is 0 Å². The highest BCUT2D eigenvalue weighted by Crippen LogP contribution is 2.30. The Morgan fingerprint density at radius 2 is 1.95 bits per heavy atom. The summed E-state index contributed by atoms with van der Waals surface area (Å²) in [4.78, 5) is 14.1. The maximum atomic E-state index is 13.2. The molecule has 0 bridgehead atoms. The number of hydrogen-bond donors (Lipinski definition) is 1. The van der Waals surface area contributed by atoms with Crippen LogP contribution in [0, 0.1) is 11.6 Å². The molecule has 1 aliphatic rings. The number of hydrogen-bond acceptors (Lipinski definition) is 3. The third kappa shape index (κ3) is 3.66. The average molecular weight is 297 g/mol. The molecule has 1 aliphatic carbocycles. The Balaban J connectivity index is 2.05. The van der Waals surface area contributed by atoms with Crippen LogP contribution in [0.15, 0.2) is 18.2 Å². The first-order valence-electron chi connectivity index (χ1n) is 7.24. The predicted octanol–water partition coefficient (Wildman–Crippen LogP) is 2.77. The van der Waals surface area contributed by atoms with Gasteiger partial charge in [0.05, 0.1) is 11.6 Å². The number of rotatable bonds is 5. The van der Waals surface area contributed by atoms with Crippen LogP contribution in [0.1, 0.15) is 43.0 Å². The number of benzene rings is 1. The lowest BCUT2D eigenvalue weighted by Crippen LogP contribution is -2.45. The molecule has 1 unspecified atom stereocenters. The summed E-state index contributed by atoms with van der Waals surface area (Å²) in [5.74, 6) is -2.27. The molecular formula is C16H21F2NO2. The molecule has 0 amide bonds. The Labute approximate surface area is 123 Å². The van der Waals surface area contributed by atoms with Crippen molar-refractivity contribution < 1.29 is 18.7 Å². The summed E-state index contributed by atoms with van der Waals surface area (Å²) in [6.45, 7) is 2.12. The van der Waals surface area contributed by atoms with E-state index in [1.165, 1.54) is 6.07 Å². The van der Waals surface area contributed by atoms with Crippen LogP contribution in [0.25, 0.3) is 0 Å². The summed E-state index contributed by atoms with van der Waals surface area (Å²) < 4.78 is 26.1. The summed E-state index contributed by atoms with van der Waals surface area (Å²) in [6.07, 6.45) is 3.47. The van der Waals surface area contributed by atoms with Gasteiger partial charge in [0, 0.05) is 12.1 Å². The van der Waals surface area contributed by atoms with Crippen LogP contribution >= 0.6 is 0 Å². The van der Waals surface area contributed by atoms with Gasteiger partial charge < -0.3 is 5.11 Å². The second kappa shape index (κ2) is 6.20. The van der Waals surface area contributed by atoms with E-state index in [0.717, 1.165) is 37.8 Å². The number of carbonyl (C=O) groups excluding carboxylic acids is 1. The van der Waals surface area contributed by atoms with E-state index in [-0.39, 0.29) is 11.3 Å². The minimum Gasteiger partial charge on any atom is -0.389 e. The van der Waals surface area contributed by atoms with Gasteiger partial charge >= 0.3 is 0 Å². The molecule has 1 fully saturated rings. The molecule has 1 aromatic rings. The first-order valence-corrected chi connectivity index (χ1v) is 7.24. The fourth-order valence-corrected chi connectivity index (χ4v) is 2.88. The second-order valence-corrected chi connectivity index (χ2v) is 6.02. The number of aliphatic hydroxyl groups is 1. The molecule has 116 valence electrons. The lowest BCUT2D eigenvalue weighted by atomic mass is 9.99. The number of likely N-dealkylation sites (N-methyl/N-ethyl adjacent to an activating group) is 1. The SMILES string of the molecule is CC(C(=O)c1ccc(F)c(F)c1)N(C)CC1(O)CCCC1. The number of Topliss-reactive ketones (excluding diaryl/α,β-unsaturated/α-hetero) is 1.